The highest BCUT2D eigenvalue weighted by Crippen LogP contribution is 2.29. The summed E-state index contributed by atoms with van der Waals surface area (Å²) in [6.45, 7) is 3.13. The largest absolute Gasteiger partial charge is 0.307 e. The first kappa shape index (κ1) is 9.46. The molecule has 1 aromatic heterocycles. The summed E-state index contributed by atoms with van der Waals surface area (Å²) in [6, 6.07) is 0.376. The lowest BCUT2D eigenvalue weighted by molar-refractivity contribution is 0.605. The third-order valence-electron chi connectivity index (χ3n) is 2.71. The average molecular weight is 191 g/mol. The van der Waals surface area contributed by atoms with Gasteiger partial charge in [0.1, 0.15) is 0 Å². The molecule has 0 aliphatic heterocycles. The van der Waals surface area contributed by atoms with Crippen LogP contribution >= 0.6 is 0 Å². The van der Waals surface area contributed by atoms with Gasteiger partial charge in [0.2, 0.25) is 0 Å². The van der Waals surface area contributed by atoms with E-state index < -0.39 is 0 Å². The Morgan fingerprint density at radius 1 is 1.64 bits per heavy atom. The van der Waals surface area contributed by atoms with Crippen LogP contribution in [0.1, 0.15) is 37.8 Å². The zero-order valence-electron chi connectivity index (χ0n) is 8.59. The van der Waals surface area contributed by atoms with Crippen molar-refractivity contribution in [2.75, 3.05) is 6.54 Å². The van der Waals surface area contributed by atoms with Crippen LogP contribution < -0.4 is 5.32 Å². The number of aromatic amines is 1. The second kappa shape index (κ2) is 4.42. The van der Waals surface area contributed by atoms with E-state index in [2.05, 4.69) is 28.5 Å². The second-order valence-electron chi connectivity index (χ2n) is 3.69. The zero-order chi connectivity index (χ0) is 9.80. The lowest BCUT2D eigenvalue weighted by Gasteiger charge is -2.17. The summed E-state index contributed by atoms with van der Waals surface area (Å²) in [5.41, 5.74) is 2.77. The summed E-state index contributed by atoms with van der Waals surface area (Å²) in [7, 11) is 0. The molecule has 0 aromatic carbocycles. The predicted octanol–water partition coefficient (Wildman–Crippen LogP) is 2.17. The maximum absolute atomic E-state index is 4.00. The Morgan fingerprint density at radius 3 is 3.14 bits per heavy atom. The molecule has 1 atom stereocenters. The van der Waals surface area contributed by atoms with E-state index in [1.54, 1.807) is 0 Å². The van der Waals surface area contributed by atoms with Crippen molar-refractivity contribution in [2.24, 2.45) is 0 Å². The van der Waals surface area contributed by atoms with Crippen molar-refractivity contribution in [1.82, 2.24) is 15.5 Å². The van der Waals surface area contributed by atoms with E-state index in [0.717, 1.165) is 6.54 Å². The highest BCUT2D eigenvalue weighted by Gasteiger charge is 2.18. The van der Waals surface area contributed by atoms with Crippen LogP contribution in [0.25, 0.3) is 0 Å². The number of allylic oxidation sites excluding steroid dienone is 1. The normalized spacial score (nSPS) is 18.2. The molecular formula is C11H17N3. The zero-order valence-corrected chi connectivity index (χ0v) is 8.59. The van der Waals surface area contributed by atoms with Gasteiger partial charge in [0.15, 0.2) is 0 Å². The van der Waals surface area contributed by atoms with Crippen LogP contribution in [0.15, 0.2) is 24.0 Å². The van der Waals surface area contributed by atoms with Crippen LogP contribution in [-0.4, -0.2) is 16.7 Å². The first-order chi connectivity index (χ1) is 6.92. The number of rotatable bonds is 4. The van der Waals surface area contributed by atoms with Gasteiger partial charge in [-0.3, -0.25) is 5.10 Å². The Bertz CT molecular complexity index is 300. The Hall–Kier alpha value is -1.09. The summed E-state index contributed by atoms with van der Waals surface area (Å²) in [5, 5.41) is 10.4. The molecule has 0 fully saturated rings. The molecule has 3 heteroatoms. The highest BCUT2D eigenvalue weighted by molar-refractivity contribution is 5.26. The molecule has 1 heterocycles. The molecule has 14 heavy (non-hydrogen) atoms. The van der Waals surface area contributed by atoms with Crippen LogP contribution in [-0.2, 0) is 0 Å². The van der Waals surface area contributed by atoms with E-state index in [0.29, 0.717) is 6.04 Å². The Morgan fingerprint density at radius 2 is 2.57 bits per heavy atom. The topological polar surface area (TPSA) is 40.7 Å². The summed E-state index contributed by atoms with van der Waals surface area (Å²) >= 11 is 0. The molecule has 2 N–H and O–H groups in total. The number of aromatic nitrogens is 2. The molecule has 3 nitrogen and oxygen atoms in total. The fourth-order valence-electron chi connectivity index (χ4n) is 2.04. The minimum atomic E-state index is 0.376. The van der Waals surface area contributed by atoms with E-state index in [1.807, 2.05) is 12.4 Å². The SMILES string of the molecule is CCNC(C1=CCCC1)c1cn[nH]c1. The Balaban J connectivity index is 2.15. The van der Waals surface area contributed by atoms with Crippen LogP contribution in [0.3, 0.4) is 0 Å². The van der Waals surface area contributed by atoms with Crippen LogP contribution in [0.2, 0.25) is 0 Å². The van der Waals surface area contributed by atoms with Gasteiger partial charge in [0, 0.05) is 11.8 Å². The molecule has 1 aliphatic carbocycles. The molecule has 76 valence electrons. The van der Waals surface area contributed by atoms with E-state index >= 15 is 0 Å². The van der Waals surface area contributed by atoms with Gasteiger partial charge >= 0.3 is 0 Å². The summed E-state index contributed by atoms with van der Waals surface area (Å²) in [6.07, 6.45) is 10.0. The van der Waals surface area contributed by atoms with E-state index in [9.17, 15) is 0 Å². The predicted molar refractivity (Wildman–Crippen MR) is 56.9 cm³/mol. The number of H-pyrrole nitrogens is 1. The lowest BCUT2D eigenvalue weighted by Crippen LogP contribution is -2.21. The number of hydrogen-bond acceptors (Lipinski definition) is 2. The molecule has 0 spiro atoms. The van der Waals surface area contributed by atoms with Gasteiger partial charge in [-0.2, -0.15) is 5.10 Å². The van der Waals surface area contributed by atoms with Crippen molar-refractivity contribution in [3.05, 3.63) is 29.6 Å². The van der Waals surface area contributed by atoms with Crippen LogP contribution in [0.5, 0.6) is 0 Å². The molecule has 0 bridgehead atoms. The summed E-state index contributed by atoms with van der Waals surface area (Å²) in [5.74, 6) is 0. The van der Waals surface area contributed by atoms with Gasteiger partial charge in [-0.1, -0.05) is 18.6 Å². The van der Waals surface area contributed by atoms with Gasteiger partial charge < -0.3 is 5.32 Å². The van der Waals surface area contributed by atoms with Crippen molar-refractivity contribution in [1.29, 1.82) is 0 Å². The second-order valence-corrected chi connectivity index (χ2v) is 3.69. The minimum absolute atomic E-state index is 0.376. The number of hydrogen-bond donors (Lipinski definition) is 2. The third-order valence-corrected chi connectivity index (χ3v) is 2.71. The van der Waals surface area contributed by atoms with Crippen LogP contribution in [0, 0.1) is 0 Å². The number of nitrogens with zero attached hydrogens (tertiary/aromatic N) is 1. The van der Waals surface area contributed by atoms with E-state index in [-0.39, 0.29) is 0 Å². The molecule has 1 unspecified atom stereocenters. The fraction of sp³-hybridized carbons (Fsp3) is 0.545. The third kappa shape index (κ3) is 1.87. The molecule has 1 aromatic rings. The van der Waals surface area contributed by atoms with Crippen molar-refractivity contribution in [2.45, 2.75) is 32.2 Å². The van der Waals surface area contributed by atoms with Gasteiger partial charge in [0.25, 0.3) is 0 Å². The summed E-state index contributed by atoms with van der Waals surface area (Å²) < 4.78 is 0. The van der Waals surface area contributed by atoms with Gasteiger partial charge in [-0.05, 0) is 25.8 Å². The molecular weight excluding hydrogens is 174 g/mol. The first-order valence-corrected chi connectivity index (χ1v) is 5.32. The summed E-state index contributed by atoms with van der Waals surface area (Å²) in [4.78, 5) is 0. The number of likely N-dealkylation sites (N-methyl/N-ethyl adjacent to an activating group) is 1. The first-order valence-electron chi connectivity index (χ1n) is 5.32. The average Bonchev–Trinajstić information content (AvgIpc) is 2.87. The Labute approximate surface area is 84.6 Å². The lowest BCUT2D eigenvalue weighted by atomic mass is 10.0. The van der Waals surface area contributed by atoms with Crippen molar-refractivity contribution in [3.63, 3.8) is 0 Å². The quantitative estimate of drug-likeness (QED) is 0.716. The molecule has 0 saturated heterocycles. The van der Waals surface area contributed by atoms with E-state index in [1.165, 1.54) is 30.4 Å². The molecule has 2 rings (SSSR count). The van der Waals surface area contributed by atoms with Gasteiger partial charge in [0.05, 0.1) is 12.2 Å². The van der Waals surface area contributed by atoms with Crippen LogP contribution in [0.4, 0.5) is 0 Å². The Kier molecular flexibility index (Phi) is 2.99. The minimum Gasteiger partial charge on any atom is -0.307 e. The standard InChI is InChI=1S/C11H17N3/c1-2-12-11(9-5-3-4-6-9)10-7-13-14-8-10/h5,7-8,11-12H,2-4,6H2,1H3,(H,13,14). The molecule has 0 saturated carbocycles. The van der Waals surface area contributed by atoms with Crippen molar-refractivity contribution >= 4 is 0 Å². The maximum Gasteiger partial charge on any atom is 0.0567 e. The number of nitrogens with one attached hydrogen (secondary N) is 2. The van der Waals surface area contributed by atoms with Gasteiger partial charge in [-0.15, -0.1) is 0 Å². The highest BCUT2D eigenvalue weighted by atomic mass is 15.1. The van der Waals surface area contributed by atoms with Crippen molar-refractivity contribution in [3.8, 4) is 0 Å². The monoisotopic (exact) mass is 191 g/mol. The maximum atomic E-state index is 4.00. The van der Waals surface area contributed by atoms with Gasteiger partial charge in [-0.25, -0.2) is 0 Å². The molecule has 0 amide bonds. The van der Waals surface area contributed by atoms with E-state index in [4.69, 9.17) is 0 Å². The fourth-order valence-corrected chi connectivity index (χ4v) is 2.04. The smallest absolute Gasteiger partial charge is 0.0567 e. The van der Waals surface area contributed by atoms with Crippen molar-refractivity contribution < 1.29 is 0 Å². The molecule has 0 radical (unpaired) electrons. The molecule has 1 aliphatic rings.